The number of rotatable bonds is 5. The Morgan fingerprint density at radius 1 is 1.06 bits per heavy atom. The molecule has 2 aromatic rings. The number of anilines is 2. The fourth-order valence-electron chi connectivity index (χ4n) is 2.08. The van der Waals surface area contributed by atoms with E-state index in [-0.39, 0.29) is 0 Å². The summed E-state index contributed by atoms with van der Waals surface area (Å²) in [5.74, 6) is 1.31. The smallest absolute Gasteiger partial charge is 0.227 e. The number of nitrogens with zero attached hydrogens (tertiary/aromatic N) is 3. The molecule has 96 valence electrons. The largest absolute Gasteiger partial charge is 0.383 e. The van der Waals surface area contributed by atoms with Crippen LogP contribution in [0.5, 0.6) is 0 Å². The summed E-state index contributed by atoms with van der Waals surface area (Å²) in [7, 11) is 0. The number of nitrogens with two attached hydrogens (primary N) is 1. The SMILES string of the molecule is CCCN(CCC)c1nc(N)c2ccccc2n1. The van der Waals surface area contributed by atoms with Crippen LogP contribution in [0.2, 0.25) is 0 Å². The Balaban J connectivity index is 2.43. The lowest BCUT2D eigenvalue weighted by molar-refractivity contribution is 0.724. The van der Waals surface area contributed by atoms with Crippen LogP contribution in [0.1, 0.15) is 26.7 Å². The van der Waals surface area contributed by atoms with E-state index in [1.807, 2.05) is 24.3 Å². The molecular formula is C14H20N4. The molecule has 0 spiro atoms. The Labute approximate surface area is 108 Å². The van der Waals surface area contributed by atoms with E-state index < -0.39 is 0 Å². The van der Waals surface area contributed by atoms with Crippen LogP contribution in [0.3, 0.4) is 0 Å². The predicted octanol–water partition coefficient (Wildman–Crippen LogP) is 2.84. The molecule has 0 saturated heterocycles. The van der Waals surface area contributed by atoms with Gasteiger partial charge in [-0.2, -0.15) is 4.98 Å². The Morgan fingerprint density at radius 2 is 1.72 bits per heavy atom. The Kier molecular flexibility index (Phi) is 3.97. The van der Waals surface area contributed by atoms with Crippen molar-refractivity contribution >= 4 is 22.7 Å². The summed E-state index contributed by atoms with van der Waals surface area (Å²) in [6, 6.07) is 7.87. The quantitative estimate of drug-likeness (QED) is 0.878. The standard InChI is InChI=1S/C14H20N4/c1-3-9-18(10-4-2)14-16-12-8-6-5-7-11(12)13(15)17-14/h5-8H,3-4,9-10H2,1-2H3,(H2,15,16,17). The number of nitrogen functional groups attached to an aromatic ring is 1. The molecule has 1 heterocycles. The molecule has 0 aliphatic rings. The van der Waals surface area contributed by atoms with Crippen LogP contribution in [0.4, 0.5) is 11.8 Å². The lowest BCUT2D eigenvalue weighted by Gasteiger charge is -2.21. The van der Waals surface area contributed by atoms with Crippen molar-refractivity contribution in [3.05, 3.63) is 24.3 Å². The minimum atomic E-state index is 0.563. The average molecular weight is 244 g/mol. The summed E-state index contributed by atoms with van der Waals surface area (Å²) in [4.78, 5) is 11.2. The number of para-hydroxylation sites is 1. The van der Waals surface area contributed by atoms with Crippen LogP contribution >= 0.6 is 0 Å². The monoisotopic (exact) mass is 244 g/mol. The summed E-state index contributed by atoms with van der Waals surface area (Å²) in [6.45, 7) is 6.25. The van der Waals surface area contributed by atoms with E-state index in [9.17, 15) is 0 Å². The van der Waals surface area contributed by atoms with Crippen LogP contribution < -0.4 is 10.6 Å². The molecule has 2 N–H and O–H groups in total. The normalized spacial score (nSPS) is 10.8. The Morgan fingerprint density at radius 3 is 2.39 bits per heavy atom. The van der Waals surface area contributed by atoms with Crippen molar-refractivity contribution < 1.29 is 0 Å². The molecule has 0 saturated carbocycles. The lowest BCUT2D eigenvalue weighted by Crippen LogP contribution is -2.27. The lowest BCUT2D eigenvalue weighted by atomic mass is 10.2. The molecule has 0 bridgehead atoms. The van der Waals surface area contributed by atoms with Gasteiger partial charge in [-0.1, -0.05) is 26.0 Å². The van der Waals surface area contributed by atoms with Crippen LogP contribution in [0, 0.1) is 0 Å². The van der Waals surface area contributed by atoms with Gasteiger partial charge in [-0.3, -0.25) is 0 Å². The first-order chi connectivity index (χ1) is 8.76. The first kappa shape index (κ1) is 12.6. The average Bonchev–Trinajstić information content (AvgIpc) is 2.38. The molecule has 0 aliphatic carbocycles. The highest BCUT2D eigenvalue weighted by Crippen LogP contribution is 2.21. The molecule has 4 heteroatoms. The number of hydrogen-bond donors (Lipinski definition) is 1. The van der Waals surface area contributed by atoms with Crippen LogP contribution in [0.25, 0.3) is 10.9 Å². The fraction of sp³-hybridized carbons (Fsp3) is 0.429. The van der Waals surface area contributed by atoms with E-state index in [1.54, 1.807) is 0 Å². The van der Waals surface area contributed by atoms with E-state index in [2.05, 4.69) is 28.7 Å². The van der Waals surface area contributed by atoms with Crippen molar-refractivity contribution in [1.82, 2.24) is 9.97 Å². The molecular weight excluding hydrogens is 224 g/mol. The summed E-state index contributed by atoms with van der Waals surface area (Å²) < 4.78 is 0. The van der Waals surface area contributed by atoms with Gasteiger partial charge in [0.2, 0.25) is 5.95 Å². The molecule has 18 heavy (non-hydrogen) atoms. The fourth-order valence-corrected chi connectivity index (χ4v) is 2.08. The molecule has 0 amide bonds. The van der Waals surface area contributed by atoms with Crippen LogP contribution in [-0.4, -0.2) is 23.1 Å². The van der Waals surface area contributed by atoms with Gasteiger partial charge in [-0.15, -0.1) is 0 Å². The second-order valence-electron chi connectivity index (χ2n) is 4.41. The molecule has 0 unspecified atom stereocenters. The molecule has 0 fully saturated rings. The first-order valence-corrected chi connectivity index (χ1v) is 6.53. The van der Waals surface area contributed by atoms with Gasteiger partial charge in [0.1, 0.15) is 5.82 Å². The van der Waals surface area contributed by atoms with Crippen molar-refractivity contribution in [2.45, 2.75) is 26.7 Å². The Hall–Kier alpha value is -1.84. The predicted molar refractivity (Wildman–Crippen MR) is 76.7 cm³/mol. The highest BCUT2D eigenvalue weighted by Gasteiger charge is 2.10. The van der Waals surface area contributed by atoms with E-state index in [1.165, 1.54) is 0 Å². The third-order valence-corrected chi connectivity index (χ3v) is 2.89. The minimum absolute atomic E-state index is 0.563. The molecule has 4 nitrogen and oxygen atoms in total. The van der Waals surface area contributed by atoms with E-state index >= 15 is 0 Å². The van der Waals surface area contributed by atoms with Gasteiger partial charge in [0.05, 0.1) is 5.52 Å². The molecule has 0 radical (unpaired) electrons. The molecule has 0 atom stereocenters. The second kappa shape index (κ2) is 5.67. The van der Waals surface area contributed by atoms with Crippen molar-refractivity contribution in [3.63, 3.8) is 0 Å². The van der Waals surface area contributed by atoms with E-state index in [0.717, 1.165) is 42.8 Å². The van der Waals surface area contributed by atoms with Crippen LogP contribution in [0.15, 0.2) is 24.3 Å². The summed E-state index contributed by atoms with van der Waals surface area (Å²) in [5, 5.41) is 0.925. The van der Waals surface area contributed by atoms with Crippen molar-refractivity contribution in [2.75, 3.05) is 23.7 Å². The Bertz CT molecular complexity index is 518. The third-order valence-electron chi connectivity index (χ3n) is 2.89. The molecule has 1 aromatic carbocycles. The molecule has 0 aliphatic heterocycles. The van der Waals surface area contributed by atoms with Crippen molar-refractivity contribution in [2.24, 2.45) is 0 Å². The van der Waals surface area contributed by atoms with Crippen molar-refractivity contribution in [1.29, 1.82) is 0 Å². The number of aromatic nitrogens is 2. The highest BCUT2D eigenvalue weighted by molar-refractivity contribution is 5.88. The van der Waals surface area contributed by atoms with E-state index in [4.69, 9.17) is 5.73 Å². The maximum absolute atomic E-state index is 6.01. The van der Waals surface area contributed by atoms with Gasteiger partial charge < -0.3 is 10.6 Å². The van der Waals surface area contributed by atoms with Crippen molar-refractivity contribution in [3.8, 4) is 0 Å². The molecule has 2 rings (SSSR count). The first-order valence-electron chi connectivity index (χ1n) is 6.53. The zero-order valence-electron chi connectivity index (χ0n) is 11.1. The zero-order valence-corrected chi connectivity index (χ0v) is 11.1. The number of hydrogen-bond acceptors (Lipinski definition) is 4. The van der Waals surface area contributed by atoms with E-state index in [0.29, 0.717) is 5.82 Å². The number of benzene rings is 1. The third kappa shape index (κ3) is 2.53. The van der Waals surface area contributed by atoms with Gasteiger partial charge in [0, 0.05) is 18.5 Å². The summed E-state index contributed by atoms with van der Waals surface area (Å²) in [5.41, 5.74) is 6.92. The van der Waals surface area contributed by atoms with Crippen LogP contribution in [-0.2, 0) is 0 Å². The second-order valence-corrected chi connectivity index (χ2v) is 4.41. The van der Waals surface area contributed by atoms with Gasteiger partial charge >= 0.3 is 0 Å². The number of fused-ring (bicyclic) bond motifs is 1. The zero-order chi connectivity index (χ0) is 13.0. The maximum Gasteiger partial charge on any atom is 0.227 e. The summed E-state index contributed by atoms with van der Waals surface area (Å²) in [6.07, 6.45) is 2.16. The molecule has 1 aromatic heterocycles. The highest BCUT2D eigenvalue weighted by atomic mass is 15.3. The van der Waals surface area contributed by atoms with Gasteiger partial charge in [0.15, 0.2) is 0 Å². The summed E-state index contributed by atoms with van der Waals surface area (Å²) >= 11 is 0. The topological polar surface area (TPSA) is 55.0 Å². The van der Waals surface area contributed by atoms with Gasteiger partial charge in [-0.25, -0.2) is 4.98 Å². The maximum atomic E-state index is 6.01. The minimum Gasteiger partial charge on any atom is -0.383 e. The van der Waals surface area contributed by atoms with Gasteiger partial charge in [-0.05, 0) is 25.0 Å². The van der Waals surface area contributed by atoms with Gasteiger partial charge in [0.25, 0.3) is 0 Å².